The molecule has 0 aromatic heterocycles. The van der Waals surface area contributed by atoms with Gasteiger partial charge in [-0.05, 0) is 36.4 Å². The number of carbonyl (C=O) groups excluding carboxylic acids is 1. The van der Waals surface area contributed by atoms with Gasteiger partial charge in [-0.15, -0.1) is 0 Å². The molecule has 0 unspecified atom stereocenters. The first-order valence-corrected chi connectivity index (χ1v) is 11.3. The van der Waals surface area contributed by atoms with Crippen LogP contribution in [-0.2, 0) is 6.61 Å². The van der Waals surface area contributed by atoms with Gasteiger partial charge in [-0.25, -0.2) is 0 Å². The molecule has 0 saturated carbocycles. The van der Waals surface area contributed by atoms with Crippen LogP contribution in [-0.4, -0.2) is 50.1 Å². The van der Waals surface area contributed by atoms with Crippen LogP contribution in [0.5, 0.6) is 5.75 Å². The van der Waals surface area contributed by atoms with E-state index < -0.39 is 0 Å². The van der Waals surface area contributed by atoms with E-state index in [0.717, 1.165) is 38.3 Å². The maximum Gasteiger partial charge on any atom is 0.251 e. The minimum atomic E-state index is -0.0869. The number of piperazine rings is 1. The summed E-state index contributed by atoms with van der Waals surface area (Å²) in [4.78, 5) is 17.4. The zero-order valence-corrected chi connectivity index (χ0v) is 18.8. The molecule has 4 rings (SSSR count). The normalized spacial score (nSPS) is 14.2. The van der Waals surface area contributed by atoms with Gasteiger partial charge in [0, 0.05) is 61.1 Å². The van der Waals surface area contributed by atoms with Crippen molar-refractivity contribution in [2.45, 2.75) is 6.61 Å². The standard InChI is InChI=1S/C26H28ClN3O2/c27-25-12-5-4-7-22(25)20-32-24-11-6-8-21(19-24)26(31)28-13-14-29-15-17-30(18-16-29)23-9-2-1-3-10-23/h1-12,19H,13-18,20H2,(H,28,31). The van der Waals surface area contributed by atoms with Crippen LogP contribution in [0.4, 0.5) is 5.69 Å². The Labute approximate surface area is 194 Å². The van der Waals surface area contributed by atoms with Gasteiger partial charge in [-0.3, -0.25) is 9.69 Å². The summed E-state index contributed by atoms with van der Waals surface area (Å²) in [5.74, 6) is 0.561. The van der Waals surface area contributed by atoms with Gasteiger partial charge in [0.2, 0.25) is 0 Å². The molecule has 0 spiro atoms. The molecule has 0 radical (unpaired) electrons. The van der Waals surface area contributed by atoms with E-state index in [2.05, 4.69) is 39.4 Å². The lowest BCUT2D eigenvalue weighted by Gasteiger charge is -2.36. The number of para-hydroxylation sites is 1. The highest BCUT2D eigenvalue weighted by Crippen LogP contribution is 2.19. The lowest BCUT2D eigenvalue weighted by molar-refractivity contribution is 0.0947. The Morgan fingerprint density at radius 2 is 1.66 bits per heavy atom. The molecule has 1 fully saturated rings. The molecule has 1 aliphatic rings. The monoisotopic (exact) mass is 449 g/mol. The van der Waals surface area contributed by atoms with E-state index in [1.807, 2.05) is 42.5 Å². The Balaban J connectivity index is 1.21. The third-order valence-electron chi connectivity index (χ3n) is 5.66. The second-order valence-electron chi connectivity index (χ2n) is 7.83. The van der Waals surface area contributed by atoms with E-state index in [0.29, 0.717) is 29.5 Å². The van der Waals surface area contributed by atoms with E-state index in [4.69, 9.17) is 16.3 Å². The van der Waals surface area contributed by atoms with Crippen molar-refractivity contribution in [1.82, 2.24) is 10.2 Å². The molecule has 1 aliphatic heterocycles. The van der Waals surface area contributed by atoms with Crippen molar-refractivity contribution in [3.8, 4) is 5.75 Å². The Bertz CT molecular complexity index is 1020. The van der Waals surface area contributed by atoms with E-state index in [-0.39, 0.29) is 5.91 Å². The maximum atomic E-state index is 12.6. The number of nitrogens with one attached hydrogen (secondary N) is 1. The van der Waals surface area contributed by atoms with Crippen molar-refractivity contribution in [3.63, 3.8) is 0 Å². The molecule has 0 atom stereocenters. The topological polar surface area (TPSA) is 44.8 Å². The van der Waals surface area contributed by atoms with Gasteiger partial charge in [-0.1, -0.05) is 54.1 Å². The van der Waals surface area contributed by atoms with E-state index in [1.165, 1.54) is 5.69 Å². The molecule has 1 heterocycles. The summed E-state index contributed by atoms with van der Waals surface area (Å²) < 4.78 is 5.83. The minimum absolute atomic E-state index is 0.0869. The fraction of sp³-hybridized carbons (Fsp3) is 0.269. The van der Waals surface area contributed by atoms with Crippen molar-refractivity contribution in [1.29, 1.82) is 0 Å². The largest absolute Gasteiger partial charge is 0.489 e. The van der Waals surface area contributed by atoms with Crippen molar-refractivity contribution in [2.75, 3.05) is 44.2 Å². The number of benzene rings is 3. The van der Waals surface area contributed by atoms with Gasteiger partial charge in [0.1, 0.15) is 12.4 Å². The molecule has 5 nitrogen and oxygen atoms in total. The predicted molar refractivity (Wildman–Crippen MR) is 130 cm³/mol. The van der Waals surface area contributed by atoms with Gasteiger partial charge in [0.15, 0.2) is 0 Å². The van der Waals surface area contributed by atoms with Crippen molar-refractivity contribution in [3.05, 3.63) is 95.0 Å². The Hall–Kier alpha value is -3.02. The lowest BCUT2D eigenvalue weighted by atomic mass is 10.2. The third-order valence-corrected chi connectivity index (χ3v) is 6.02. The van der Waals surface area contributed by atoms with Crippen LogP contribution >= 0.6 is 11.6 Å². The SMILES string of the molecule is O=C(NCCN1CCN(c2ccccc2)CC1)c1cccc(OCc2ccccc2Cl)c1. The first-order chi connectivity index (χ1) is 15.7. The summed E-state index contributed by atoms with van der Waals surface area (Å²) in [7, 11) is 0. The molecule has 3 aromatic rings. The van der Waals surface area contributed by atoms with Crippen LogP contribution in [0.15, 0.2) is 78.9 Å². The molecular formula is C26H28ClN3O2. The fourth-order valence-corrected chi connectivity index (χ4v) is 3.99. The summed E-state index contributed by atoms with van der Waals surface area (Å²) in [5.41, 5.74) is 2.78. The zero-order valence-electron chi connectivity index (χ0n) is 18.0. The average molecular weight is 450 g/mol. The number of halogens is 1. The Kier molecular flexibility index (Phi) is 7.64. The van der Waals surface area contributed by atoms with Gasteiger partial charge in [0.05, 0.1) is 0 Å². The third kappa shape index (κ3) is 6.02. The second kappa shape index (κ2) is 11.0. The molecular weight excluding hydrogens is 422 g/mol. The first-order valence-electron chi connectivity index (χ1n) is 11.0. The fourth-order valence-electron chi connectivity index (χ4n) is 3.80. The Morgan fingerprint density at radius 3 is 2.44 bits per heavy atom. The number of hydrogen-bond donors (Lipinski definition) is 1. The van der Waals surface area contributed by atoms with E-state index in [1.54, 1.807) is 12.1 Å². The quantitative estimate of drug-likeness (QED) is 0.551. The smallest absolute Gasteiger partial charge is 0.251 e. The summed E-state index contributed by atoms with van der Waals surface area (Å²) in [5, 5.41) is 3.70. The number of hydrogen-bond acceptors (Lipinski definition) is 4. The highest BCUT2D eigenvalue weighted by Gasteiger charge is 2.17. The van der Waals surface area contributed by atoms with Crippen LogP contribution in [0.3, 0.4) is 0 Å². The van der Waals surface area contributed by atoms with Crippen LogP contribution in [0.25, 0.3) is 0 Å². The first kappa shape index (κ1) is 22.2. The number of nitrogens with zero attached hydrogens (tertiary/aromatic N) is 2. The van der Waals surface area contributed by atoms with Gasteiger partial charge < -0.3 is 15.0 Å². The molecule has 6 heteroatoms. The summed E-state index contributed by atoms with van der Waals surface area (Å²) >= 11 is 6.18. The number of rotatable bonds is 8. The van der Waals surface area contributed by atoms with Gasteiger partial charge in [0.25, 0.3) is 5.91 Å². The second-order valence-corrected chi connectivity index (χ2v) is 8.24. The van der Waals surface area contributed by atoms with Gasteiger partial charge >= 0.3 is 0 Å². The molecule has 1 saturated heterocycles. The Morgan fingerprint density at radius 1 is 0.906 bits per heavy atom. The van der Waals surface area contributed by atoms with Crippen LogP contribution in [0.2, 0.25) is 5.02 Å². The maximum absolute atomic E-state index is 12.6. The highest BCUT2D eigenvalue weighted by atomic mass is 35.5. The van der Waals surface area contributed by atoms with Crippen molar-refractivity contribution >= 4 is 23.2 Å². The number of amides is 1. The molecule has 166 valence electrons. The highest BCUT2D eigenvalue weighted by molar-refractivity contribution is 6.31. The predicted octanol–water partition coefficient (Wildman–Crippen LogP) is 4.47. The lowest BCUT2D eigenvalue weighted by Crippen LogP contribution is -2.48. The molecule has 32 heavy (non-hydrogen) atoms. The molecule has 1 N–H and O–H groups in total. The average Bonchev–Trinajstić information content (AvgIpc) is 2.85. The summed E-state index contributed by atoms with van der Waals surface area (Å²) in [6.07, 6.45) is 0. The van der Waals surface area contributed by atoms with E-state index in [9.17, 15) is 4.79 Å². The van der Waals surface area contributed by atoms with Gasteiger partial charge in [-0.2, -0.15) is 0 Å². The van der Waals surface area contributed by atoms with Crippen LogP contribution in [0, 0.1) is 0 Å². The van der Waals surface area contributed by atoms with Crippen LogP contribution in [0.1, 0.15) is 15.9 Å². The molecule has 3 aromatic carbocycles. The summed E-state index contributed by atoms with van der Waals surface area (Å²) in [6, 6.07) is 25.3. The van der Waals surface area contributed by atoms with Crippen molar-refractivity contribution in [2.24, 2.45) is 0 Å². The number of ether oxygens (including phenoxy) is 1. The minimum Gasteiger partial charge on any atom is -0.489 e. The zero-order chi connectivity index (χ0) is 22.2. The molecule has 0 bridgehead atoms. The molecule has 1 amide bonds. The number of carbonyl (C=O) groups is 1. The molecule has 0 aliphatic carbocycles. The van der Waals surface area contributed by atoms with Crippen LogP contribution < -0.4 is 15.0 Å². The summed E-state index contributed by atoms with van der Waals surface area (Å²) in [6.45, 7) is 5.82. The number of anilines is 1. The van der Waals surface area contributed by atoms with Crippen molar-refractivity contribution < 1.29 is 9.53 Å². The van der Waals surface area contributed by atoms with E-state index >= 15 is 0 Å².